The first-order valence-corrected chi connectivity index (χ1v) is 8.33. The number of nitrogens with one attached hydrogen (secondary N) is 1. The number of fused-ring (bicyclic) bond motifs is 1. The lowest BCUT2D eigenvalue weighted by Crippen LogP contribution is -3.09. The third-order valence-corrected chi connectivity index (χ3v) is 5.02. The molecule has 4 rings (SSSR count). The van der Waals surface area contributed by atoms with Crippen molar-refractivity contribution in [2.45, 2.75) is 18.6 Å². The minimum absolute atomic E-state index is 0.717. The van der Waals surface area contributed by atoms with Crippen LogP contribution in [-0.4, -0.2) is 18.2 Å². The van der Waals surface area contributed by atoms with Crippen LogP contribution in [0.1, 0.15) is 17.5 Å². The van der Waals surface area contributed by atoms with E-state index < -0.39 is 5.60 Å². The van der Waals surface area contributed by atoms with Crippen LogP contribution in [0.2, 0.25) is 0 Å². The highest BCUT2D eigenvalue weighted by Gasteiger charge is 2.41. The largest absolute Gasteiger partial charge is 0.379 e. The number of rotatable bonds is 3. The molecule has 1 fully saturated rings. The zero-order chi connectivity index (χ0) is 15.7. The second-order valence-corrected chi connectivity index (χ2v) is 6.65. The van der Waals surface area contributed by atoms with Gasteiger partial charge >= 0.3 is 0 Å². The van der Waals surface area contributed by atoms with Gasteiger partial charge in [-0.1, -0.05) is 72.8 Å². The maximum Gasteiger partial charge on any atom is 0.144 e. The third-order valence-electron chi connectivity index (χ3n) is 5.02. The summed E-state index contributed by atoms with van der Waals surface area (Å²) in [6.07, 6.45) is 0.823. The first-order valence-electron chi connectivity index (χ1n) is 8.33. The van der Waals surface area contributed by atoms with Gasteiger partial charge in [0, 0.05) is 12.0 Å². The Kier molecular flexibility index (Phi) is 3.64. The van der Waals surface area contributed by atoms with Gasteiger partial charge in [-0.3, -0.25) is 0 Å². The molecule has 23 heavy (non-hydrogen) atoms. The molecule has 0 aliphatic carbocycles. The van der Waals surface area contributed by atoms with E-state index in [9.17, 15) is 5.11 Å². The van der Waals surface area contributed by atoms with Crippen LogP contribution in [0.4, 0.5) is 0 Å². The molecule has 1 heterocycles. The number of benzene rings is 3. The highest BCUT2D eigenvalue weighted by molar-refractivity contribution is 5.86. The standard InChI is InChI=1S/C21H21NO/c23-21(20-12-6-10-18-9-4-5-11-19(18)20)13-14-22(16-21)15-17-7-2-1-3-8-17/h1-12,23H,13-16H2/p+1/t21-/m1/s1. The summed E-state index contributed by atoms with van der Waals surface area (Å²) < 4.78 is 0. The van der Waals surface area contributed by atoms with Crippen molar-refractivity contribution in [2.24, 2.45) is 0 Å². The van der Waals surface area contributed by atoms with Crippen LogP contribution < -0.4 is 4.90 Å². The van der Waals surface area contributed by atoms with Gasteiger partial charge < -0.3 is 10.0 Å². The smallest absolute Gasteiger partial charge is 0.144 e. The first-order chi connectivity index (χ1) is 11.2. The molecule has 1 aliphatic rings. The molecule has 0 aromatic heterocycles. The number of quaternary nitrogens is 1. The van der Waals surface area contributed by atoms with Crippen molar-refractivity contribution < 1.29 is 10.0 Å². The predicted octanol–water partition coefficient (Wildman–Crippen LogP) is 2.52. The SMILES string of the molecule is O[C@]1(c2cccc3ccccc23)CC[NH+](Cc2ccccc2)C1. The molecule has 0 bridgehead atoms. The number of hydrogen-bond acceptors (Lipinski definition) is 1. The molecular weight excluding hydrogens is 282 g/mol. The molecule has 3 aromatic carbocycles. The molecule has 116 valence electrons. The van der Waals surface area contributed by atoms with Crippen LogP contribution in [0.15, 0.2) is 72.8 Å². The summed E-state index contributed by atoms with van der Waals surface area (Å²) >= 11 is 0. The minimum atomic E-state index is -0.717. The van der Waals surface area contributed by atoms with Crippen LogP contribution in [0, 0.1) is 0 Å². The van der Waals surface area contributed by atoms with Crippen LogP contribution in [0.25, 0.3) is 10.8 Å². The second-order valence-electron chi connectivity index (χ2n) is 6.65. The van der Waals surface area contributed by atoms with Gasteiger partial charge in [0.1, 0.15) is 18.7 Å². The molecule has 0 saturated carbocycles. The Bertz CT molecular complexity index is 809. The molecule has 1 saturated heterocycles. The highest BCUT2D eigenvalue weighted by Crippen LogP contribution is 2.32. The topological polar surface area (TPSA) is 24.7 Å². The Morgan fingerprint density at radius 3 is 2.48 bits per heavy atom. The molecule has 3 aromatic rings. The van der Waals surface area contributed by atoms with E-state index >= 15 is 0 Å². The van der Waals surface area contributed by atoms with Crippen LogP contribution in [-0.2, 0) is 12.1 Å². The van der Waals surface area contributed by atoms with E-state index in [1.54, 1.807) is 0 Å². The second kappa shape index (κ2) is 5.80. The van der Waals surface area contributed by atoms with Gasteiger partial charge in [-0.25, -0.2) is 0 Å². The quantitative estimate of drug-likeness (QED) is 0.763. The fourth-order valence-electron chi connectivity index (χ4n) is 3.87. The van der Waals surface area contributed by atoms with Crippen molar-refractivity contribution in [1.29, 1.82) is 0 Å². The van der Waals surface area contributed by atoms with Crippen molar-refractivity contribution >= 4 is 10.8 Å². The first kappa shape index (κ1) is 14.4. The van der Waals surface area contributed by atoms with Crippen LogP contribution in [0.5, 0.6) is 0 Å². The third kappa shape index (κ3) is 2.76. The van der Waals surface area contributed by atoms with Gasteiger partial charge in [0.15, 0.2) is 0 Å². The zero-order valence-electron chi connectivity index (χ0n) is 13.2. The molecule has 2 nitrogen and oxygen atoms in total. The van der Waals surface area contributed by atoms with Gasteiger partial charge in [-0.2, -0.15) is 0 Å². The molecule has 2 atom stereocenters. The normalized spacial score (nSPS) is 24.1. The molecule has 2 heteroatoms. The summed E-state index contributed by atoms with van der Waals surface area (Å²) in [4.78, 5) is 1.45. The summed E-state index contributed by atoms with van der Waals surface area (Å²) in [7, 11) is 0. The van der Waals surface area contributed by atoms with Crippen molar-refractivity contribution in [3.63, 3.8) is 0 Å². The predicted molar refractivity (Wildman–Crippen MR) is 93.3 cm³/mol. The zero-order valence-corrected chi connectivity index (χ0v) is 13.2. The maximum absolute atomic E-state index is 11.3. The average Bonchev–Trinajstić information content (AvgIpc) is 2.97. The summed E-state index contributed by atoms with van der Waals surface area (Å²) in [6.45, 7) is 2.76. The summed E-state index contributed by atoms with van der Waals surface area (Å²) in [5.74, 6) is 0. The monoisotopic (exact) mass is 304 g/mol. The molecule has 0 amide bonds. The molecule has 1 aliphatic heterocycles. The summed E-state index contributed by atoms with van der Waals surface area (Å²) in [5.41, 5.74) is 1.70. The van der Waals surface area contributed by atoms with Crippen molar-refractivity contribution in [1.82, 2.24) is 0 Å². The van der Waals surface area contributed by atoms with E-state index in [2.05, 4.69) is 72.8 Å². The van der Waals surface area contributed by atoms with Crippen molar-refractivity contribution in [2.75, 3.05) is 13.1 Å². The van der Waals surface area contributed by atoms with Gasteiger partial charge in [0.2, 0.25) is 0 Å². The van der Waals surface area contributed by atoms with Gasteiger partial charge in [0.05, 0.1) is 6.54 Å². The summed E-state index contributed by atoms with van der Waals surface area (Å²) in [6, 6.07) is 25.2. The minimum Gasteiger partial charge on any atom is -0.379 e. The molecule has 2 N–H and O–H groups in total. The Labute approximate surface area is 137 Å². The van der Waals surface area contributed by atoms with Gasteiger partial charge in [-0.05, 0) is 16.3 Å². The Morgan fingerprint density at radius 1 is 0.870 bits per heavy atom. The number of likely N-dealkylation sites (tertiary alicyclic amines) is 1. The lowest BCUT2D eigenvalue weighted by molar-refractivity contribution is -0.904. The maximum atomic E-state index is 11.3. The highest BCUT2D eigenvalue weighted by atomic mass is 16.3. The van der Waals surface area contributed by atoms with E-state index in [-0.39, 0.29) is 0 Å². The van der Waals surface area contributed by atoms with E-state index in [1.165, 1.54) is 21.2 Å². The Hall–Kier alpha value is -2.16. The fraction of sp³-hybridized carbons (Fsp3) is 0.238. The van der Waals surface area contributed by atoms with Gasteiger partial charge in [0.25, 0.3) is 0 Å². The number of hydrogen-bond donors (Lipinski definition) is 2. The van der Waals surface area contributed by atoms with E-state index in [4.69, 9.17) is 0 Å². The Balaban J connectivity index is 1.61. The lowest BCUT2D eigenvalue weighted by atomic mass is 9.89. The number of aliphatic hydroxyl groups is 1. The molecular formula is C21H22NO+. The lowest BCUT2D eigenvalue weighted by Gasteiger charge is -2.23. The molecule has 0 spiro atoms. The van der Waals surface area contributed by atoms with Gasteiger partial charge in [-0.15, -0.1) is 0 Å². The van der Waals surface area contributed by atoms with E-state index in [0.29, 0.717) is 0 Å². The summed E-state index contributed by atoms with van der Waals surface area (Å²) in [5, 5.41) is 13.7. The molecule has 0 radical (unpaired) electrons. The van der Waals surface area contributed by atoms with Crippen LogP contribution >= 0.6 is 0 Å². The average molecular weight is 304 g/mol. The van der Waals surface area contributed by atoms with Crippen LogP contribution in [0.3, 0.4) is 0 Å². The van der Waals surface area contributed by atoms with Crippen molar-refractivity contribution in [3.05, 3.63) is 83.9 Å². The van der Waals surface area contributed by atoms with Crippen molar-refractivity contribution in [3.8, 4) is 0 Å². The van der Waals surface area contributed by atoms with E-state index in [0.717, 1.165) is 31.6 Å². The molecule has 1 unspecified atom stereocenters. The van der Waals surface area contributed by atoms with E-state index in [1.807, 2.05) is 0 Å². The Morgan fingerprint density at radius 2 is 1.61 bits per heavy atom. The fourth-order valence-corrected chi connectivity index (χ4v) is 3.87.